The largest absolute Gasteiger partial charge is 0.465 e. The molecule has 0 amide bonds. The van der Waals surface area contributed by atoms with Gasteiger partial charge in [-0.05, 0) is 71.8 Å². The molecule has 0 unspecified atom stereocenters. The van der Waals surface area contributed by atoms with Gasteiger partial charge in [-0.2, -0.15) is 0 Å². The third kappa shape index (κ3) is 4.67. The molecule has 0 bridgehead atoms. The number of para-hydroxylation sites is 1. The lowest BCUT2D eigenvalue weighted by atomic mass is 9.91. The molecule has 0 spiro atoms. The highest BCUT2D eigenvalue weighted by atomic mass is 16.5. The van der Waals surface area contributed by atoms with Crippen molar-refractivity contribution in [3.63, 3.8) is 0 Å². The summed E-state index contributed by atoms with van der Waals surface area (Å²) in [6, 6.07) is 30.0. The number of carbonyl (C=O) groups is 1. The first-order valence-electron chi connectivity index (χ1n) is 12.3. The minimum atomic E-state index is -0.295. The number of aryl methyl sites for hydroxylation is 1. The normalized spacial score (nSPS) is 16.1. The molecule has 0 radical (unpaired) electrons. The molecule has 1 N–H and O–H groups in total. The van der Waals surface area contributed by atoms with Crippen LogP contribution < -0.4 is 10.2 Å². The minimum absolute atomic E-state index is 0.247. The molecule has 0 fully saturated rings. The number of benzene rings is 4. The maximum absolute atomic E-state index is 12.3. The van der Waals surface area contributed by atoms with E-state index in [0.717, 1.165) is 30.8 Å². The SMILES string of the molecule is COC(=O)c1cc(N2C[C@H](CN[C@H](C)c3cccc4ccccc34)Cc3ccccc32)ccc1C. The number of anilines is 2. The van der Waals surface area contributed by atoms with Gasteiger partial charge in [0.2, 0.25) is 0 Å². The van der Waals surface area contributed by atoms with E-state index in [4.69, 9.17) is 4.74 Å². The van der Waals surface area contributed by atoms with Crippen LogP contribution in [0.1, 0.15) is 40.0 Å². The van der Waals surface area contributed by atoms with Crippen LogP contribution in [0.5, 0.6) is 0 Å². The molecule has 178 valence electrons. The summed E-state index contributed by atoms with van der Waals surface area (Å²) in [5.74, 6) is 0.141. The molecule has 0 saturated heterocycles. The van der Waals surface area contributed by atoms with Gasteiger partial charge in [0.25, 0.3) is 0 Å². The first kappa shape index (κ1) is 23.1. The summed E-state index contributed by atoms with van der Waals surface area (Å²) in [7, 11) is 1.43. The zero-order chi connectivity index (χ0) is 24.4. The molecule has 35 heavy (non-hydrogen) atoms. The van der Waals surface area contributed by atoms with E-state index in [9.17, 15) is 4.79 Å². The molecule has 4 nitrogen and oxygen atoms in total. The molecular weight excluding hydrogens is 432 g/mol. The number of methoxy groups -OCH3 is 1. The number of esters is 1. The molecule has 4 aromatic rings. The summed E-state index contributed by atoms with van der Waals surface area (Å²) in [5.41, 5.74) is 6.45. The predicted molar refractivity (Wildman–Crippen MR) is 144 cm³/mol. The molecule has 1 heterocycles. The second kappa shape index (κ2) is 9.93. The maximum atomic E-state index is 12.3. The molecule has 4 heteroatoms. The van der Waals surface area contributed by atoms with E-state index in [1.54, 1.807) is 0 Å². The first-order chi connectivity index (χ1) is 17.0. The van der Waals surface area contributed by atoms with Crippen LogP contribution in [0, 0.1) is 12.8 Å². The average molecular weight is 465 g/mol. The van der Waals surface area contributed by atoms with Crippen molar-refractivity contribution in [3.05, 3.63) is 107 Å². The number of fused-ring (bicyclic) bond motifs is 2. The molecule has 0 aromatic heterocycles. The number of hydrogen-bond donors (Lipinski definition) is 1. The van der Waals surface area contributed by atoms with Gasteiger partial charge in [-0.15, -0.1) is 0 Å². The lowest BCUT2D eigenvalue weighted by Crippen LogP contribution is -2.38. The average Bonchev–Trinajstić information content (AvgIpc) is 2.90. The Bertz CT molecular complexity index is 1360. The molecule has 1 aliphatic rings. The maximum Gasteiger partial charge on any atom is 0.338 e. The standard InChI is InChI=1S/C31H32N2O2/c1-21-15-16-26(18-29(21)31(34)35-3)33-20-23(17-25-10-5-7-14-30(25)33)19-32-22(2)27-13-8-11-24-9-4-6-12-28(24)27/h4-16,18,22-23,32H,17,19-20H2,1-3H3/t22-,23+/m1/s1. The van der Waals surface area contributed by atoms with Gasteiger partial charge in [-0.25, -0.2) is 4.79 Å². The number of nitrogens with zero attached hydrogens (tertiary/aromatic N) is 1. The topological polar surface area (TPSA) is 41.6 Å². The molecular formula is C31H32N2O2. The quantitative estimate of drug-likeness (QED) is 0.327. The van der Waals surface area contributed by atoms with Crippen LogP contribution in [0.4, 0.5) is 11.4 Å². The van der Waals surface area contributed by atoms with Crippen LogP contribution in [0.2, 0.25) is 0 Å². The Labute approximate surface area is 207 Å². The van der Waals surface area contributed by atoms with Crippen molar-refractivity contribution in [1.82, 2.24) is 5.32 Å². The van der Waals surface area contributed by atoms with Crippen molar-refractivity contribution < 1.29 is 9.53 Å². The van der Waals surface area contributed by atoms with Crippen molar-refractivity contribution in [2.75, 3.05) is 25.1 Å². The van der Waals surface area contributed by atoms with Crippen molar-refractivity contribution >= 4 is 28.1 Å². The van der Waals surface area contributed by atoms with Crippen molar-refractivity contribution in [3.8, 4) is 0 Å². The molecule has 4 aromatic carbocycles. The van der Waals surface area contributed by atoms with Crippen molar-refractivity contribution in [2.24, 2.45) is 5.92 Å². The molecule has 1 aliphatic heterocycles. The molecule has 5 rings (SSSR count). The van der Waals surface area contributed by atoms with E-state index in [0.29, 0.717) is 11.5 Å². The van der Waals surface area contributed by atoms with Gasteiger partial charge in [0.05, 0.1) is 12.7 Å². The van der Waals surface area contributed by atoms with Gasteiger partial charge in [-0.3, -0.25) is 0 Å². The van der Waals surface area contributed by atoms with Gasteiger partial charge in [0.15, 0.2) is 0 Å². The number of rotatable bonds is 6. The van der Waals surface area contributed by atoms with Crippen LogP contribution in [-0.4, -0.2) is 26.2 Å². The van der Waals surface area contributed by atoms with E-state index in [1.165, 1.54) is 34.7 Å². The highest BCUT2D eigenvalue weighted by Gasteiger charge is 2.26. The van der Waals surface area contributed by atoms with Crippen molar-refractivity contribution in [2.45, 2.75) is 26.3 Å². The third-order valence-electron chi connectivity index (χ3n) is 7.17. The lowest BCUT2D eigenvalue weighted by Gasteiger charge is -2.37. The highest BCUT2D eigenvalue weighted by molar-refractivity contribution is 5.92. The monoisotopic (exact) mass is 464 g/mol. The van der Waals surface area contributed by atoms with Gasteiger partial charge in [0.1, 0.15) is 0 Å². The molecule has 2 atom stereocenters. The fourth-order valence-corrected chi connectivity index (χ4v) is 5.25. The second-order valence-electron chi connectivity index (χ2n) is 9.50. The van der Waals surface area contributed by atoms with Crippen LogP contribution in [0.25, 0.3) is 10.8 Å². The van der Waals surface area contributed by atoms with E-state index in [-0.39, 0.29) is 12.0 Å². The fourth-order valence-electron chi connectivity index (χ4n) is 5.25. The van der Waals surface area contributed by atoms with Gasteiger partial charge < -0.3 is 15.0 Å². The zero-order valence-electron chi connectivity index (χ0n) is 20.6. The summed E-state index contributed by atoms with van der Waals surface area (Å²) in [4.78, 5) is 14.7. The summed E-state index contributed by atoms with van der Waals surface area (Å²) >= 11 is 0. The van der Waals surface area contributed by atoms with Gasteiger partial charge >= 0.3 is 5.97 Å². The first-order valence-corrected chi connectivity index (χ1v) is 12.3. The van der Waals surface area contributed by atoms with Gasteiger partial charge in [0, 0.05) is 30.5 Å². The lowest BCUT2D eigenvalue weighted by molar-refractivity contribution is 0.0600. The summed E-state index contributed by atoms with van der Waals surface area (Å²) in [5, 5.41) is 6.39. The Morgan fingerprint density at radius 2 is 1.80 bits per heavy atom. The number of nitrogens with one attached hydrogen (secondary N) is 1. The Morgan fingerprint density at radius 1 is 1.03 bits per heavy atom. The zero-order valence-corrected chi connectivity index (χ0v) is 20.6. The minimum Gasteiger partial charge on any atom is -0.465 e. The van der Waals surface area contributed by atoms with E-state index in [2.05, 4.69) is 89.9 Å². The van der Waals surface area contributed by atoms with E-state index >= 15 is 0 Å². The predicted octanol–water partition coefficient (Wildman–Crippen LogP) is 6.60. The highest BCUT2D eigenvalue weighted by Crippen LogP contribution is 2.36. The van der Waals surface area contributed by atoms with Crippen LogP contribution >= 0.6 is 0 Å². The fraction of sp³-hybridized carbons (Fsp3) is 0.258. The van der Waals surface area contributed by atoms with Gasteiger partial charge in [-0.1, -0.05) is 66.7 Å². The smallest absolute Gasteiger partial charge is 0.338 e. The van der Waals surface area contributed by atoms with E-state index < -0.39 is 0 Å². The van der Waals surface area contributed by atoms with Crippen LogP contribution in [0.15, 0.2) is 84.9 Å². The number of ether oxygens (including phenoxy) is 1. The Morgan fingerprint density at radius 3 is 2.66 bits per heavy atom. The number of hydrogen-bond acceptors (Lipinski definition) is 4. The second-order valence-corrected chi connectivity index (χ2v) is 9.50. The van der Waals surface area contributed by atoms with E-state index in [1.807, 2.05) is 19.1 Å². The Kier molecular flexibility index (Phi) is 6.56. The van der Waals surface area contributed by atoms with Crippen molar-refractivity contribution in [1.29, 1.82) is 0 Å². The Hall–Kier alpha value is -3.63. The molecule has 0 saturated carbocycles. The third-order valence-corrected chi connectivity index (χ3v) is 7.17. The Balaban J connectivity index is 1.39. The number of carbonyl (C=O) groups excluding carboxylic acids is 1. The molecule has 0 aliphatic carbocycles. The van der Waals surface area contributed by atoms with Crippen LogP contribution in [-0.2, 0) is 11.2 Å². The van der Waals surface area contributed by atoms with Crippen LogP contribution in [0.3, 0.4) is 0 Å². The summed E-state index contributed by atoms with van der Waals surface area (Å²) in [6.45, 7) is 5.99. The summed E-state index contributed by atoms with van der Waals surface area (Å²) < 4.78 is 5.02. The summed E-state index contributed by atoms with van der Waals surface area (Å²) in [6.07, 6.45) is 1.03.